The summed E-state index contributed by atoms with van der Waals surface area (Å²) in [5, 5.41) is 10.2. The Morgan fingerprint density at radius 2 is 1.90 bits per heavy atom. The summed E-state index contributed by atoms with van der Waals surface area (Å²) in [5.41, 5.74) is 0. The maximum absolute atomic E-state index is 10.2. The van der Waals surface area contributed by atoms with Gasteiger partial charge in [-0.3, -0.25) is 0 Å². The summed E-state index contributed by atoms with van der Waals surface area (Å²) < 4.78 is 0. The molecule has 0 saturated carbocycles. The second-order valence-corrected chi connectivity index (χ2v) is 2.99. The van der Waals surface area contributed by atoms with Gasteiger partial charge in [0.25, 0.3) is 0 Å². The Bertz CT molecular complexity index is 108. The lowest BCUT2D eigenvalue weighted by Gasteiger charge is -2.14. The Balaban J connectivity index is 3.71. The highest BCUT2D eigenvalue weighted by Crippen LogP contribution is 2.18. The smallest absolute Gasteiger partial charge is 0.247 e. The van der Waals surface area contributed by atoms with Crippen LogP contribution in [0.2, 0.25) is 0 Å². The van der Waals surface area contributed by atoms with E-state index >= 15 is 0 Å². The van der Waals surface area contributed by atoms with E-state index in [9.17, 15) is 9.90 Å². The van der Waals surface area contributed by atoms with E-state index in [1.165, 1.54) is 0 Å². The Morgan fingerprint density at radius 1 is 1.40 bits per heavy atom. The molecule has 2 heteroatoms. The molecule has 0 aliphatic carbocycles. The van der Waals surface area contributed by atoms with Gasteiger partial charge in [-0.25, -0.2) is 9.90 Å². The maximum atomic E-state index is 10.2. The quantitative estimate of drug-likeness (QED) is 0.593. The van der Waals surface area contributed by atoms with Gasteiger partial charge < -0.3 is 0 Å². The molecule has 0 heterocycles. The van der Waals surface area contributed by atoms with Crippen molar-refractivity contribution in [2.45, 2.75) is 33.6 Å². The van der Waals surface area contributed by atoms with Crippen molar-refractivity contribution >= 4 is 5.97 Å². The summed E-state index contributed by atoms with van der Waals surface area (Å²) in [6.45, 7) is 6.09. The van der Waals surface area contributed by atoms with Gasteiger partial charge in [0.05, 0.1) is 6.42 Å². The Kier molecular flexibility index (Phi) is 4.08. The van der Waals surface area contributed by atoms with Gasteiger partial charge in [0.2, 0.25) is 0 Å². The van der Waals surface area contributed by atoms with Gasteiger partial charge >= 0.3 is 5.97 Å². The van der Waals surface area contributed by atoms with E-state index in [0.29, 0.717) is 5.92 Å². The molecule has 0 aromatic rings. The molecule has 59 valence electrons. The minimum atomic E-state index is -0.930. The van der Waals surface area contributed by atoms with Crippen molar-refractivity contribution in [3.63, 3.8) is 0 Å². The second kappa shape index (κ2) is 4.31. The summed E-state index contributed by atoms with van der Waals surface area (Å²) in [6, 6.07) is 0. The minimum Gasteiger partial charge on any atom is -0.247 e. The fraction of sp³-hybridized carbons (Fsp3) is 0.875. The van der Waals surface area contributed by atoms with Crippen molar-refractivity contribution < 1.29 is 9.90 Å². The molecular formula is C8H15O2. The van der Waals surface area contributed by atoms with Crippen molar-refractivity contribution in [2.75, 3.05) is 0 Å². The standard InChI is InChI=1S/C8H15O2/c1-4-7(6(2)3)5-8(9)10/h6-7H,4-5H2,1-3H3. The van der Waals surface area contributed by atoms with Gasteiger partial charge in [0, 0.05) is 0 Å². The zero-order chi connectivity index (χ0) is 8.15. The summed E-state index contributed by atoms with van der Waals surface area (Å²) in [7, 11) is 0. The molecule has 10 heavy (non-hydrogen) atoms. The maximum Gasteiger partial charge on any atom is 0.355 e. The van der Waals surface area contributed by atoms with Crippen LogP contribution in [0.25, 0.3) is 0 Å². The van der Waals surface area contributed by atoms with Gasteiger partial charge in [-0.1, -0.05) is 27.2 Å². The first kappa shape index (κ1) is 9.47. The normalized spacial score (nSPS) is 13.6. The molecule has 0 aliphatic rings. The van der Waals surface area contributed by atoms with E-state index in [1.54, 1.807) is 0 Å². The van der Waals surface area contributed by atoms with Crippen molar-refractivity contribution in [2.24, 2.45) is 11.8 Å². The molecule has 1 atom stereocenters. The predicted molar refractivity (Wildman–Crippen MR) is 38.9 cm³/mol. The van der Waals surface area contributed by atoms with Crippen LogP contribution in [0.4, 0.5) is 0 Å². The van der Waals surface area contributed by atoms with Gasteiger partial charge in [-0.2, -0.15) is 0 Å². The molecule has 0 aromatic heterocycles. The number of carbonyl (C=O) groups is 1. The summed E-state index contributed by atoms with van der Waals surface area (Å²) in [5.74, 6) is -0.201. The fourth-order valence-electron chi connectivity index (χ4n) is 1.07. The van der Waals surface area contributed by atoms with Gasteiger partial charge in [-0.15, -0.1) is 0 Å². The first-order valence-electron chi connectivity index (χ1n) is 3.77. The number of hydrogen-bond donors (Lipinski definition) is 0. The Morgan fingerprint density at radius 3 is 2.00 bits per heavy atom. The highest BCUT2D eigenvalue weighted by molar-refractivity contribution is 5.66. The topological polar surface area (TPSA) is 37.0 Å². The monoisotopic (exact) mass is 143 g/mol. The molecule has 0 amide bonds. The zero-order valence-electron chi connectivity index (χ0n) is 6.89. The molecule has 0 bridgehead atoms. The van der Waals surface area contributed by atoms with Gasteiger partial charge in [0.1, 0.15) is 0 Å². The lowest BCUT2D eigenvalue weighted by atomic mass is 9.90. The van der Waals surface area contributed by atoms with Gasteiger partial charge in [-0.05, 0) is 11.8 Å². The van der Waals surface area contributed by atoms with Crippen LogP contribution in [0, 0.1) is 11.8 Å². The van der Waals surface area contributed by atoms with Crippen LogP contribution in [0.15, 0.2) is 0 Å². The number of rotatable bonds is 4. The van der Waals surface area contributed by atoms with Crippen LogP contribution < -0.4 is 0 Å². The molecule has 1 radical (unpaired) electrons. The molecule has 0 N–H and O–H groups in total. The van der Waals surface area contributed by atoms with Gasteiger partial charge in [0.15, 0.2) is 0 Å². The van der Waals surface area contributed by atoms with E-state index in [-0.39, 0.29) is 12.3 Å². The fourth-order valence-corrected chi connectivity index (χ4v) is 1.07. The van der Waals surface area contributed by atoms with Crippen LogP contribution in [0.3, 0.4) is 0 Å². The van der Waals surface area contributed by atoms with E-state index in [4.69, 9.17) is 0 Å². The molecule has 0 aromatic carbocycles. The van der Waals surface area contributed by atoms with Crippen LogP contribution in [0.5, 0.6) is 0 Å². The molecule has 0 rings (SSSR count). The SMILES string of the molecule is CCC(CC([O])=O)C(C)C. The average molecular weight is 143 g/mol. The van der Waals surface area contributed by atoms with Crippen LogP contribution >= 0.6 is 0 Å². The summed E-state index contributed by atoms with van der Waals surface area (Å²) >= 11 is 0. The van der Waals surface area contributed by atoms with Crippen molar-refractivity contribution in [1.82, 2.24) is 0 Å². The first-order valence-corrected chi connectivity index (χ1v) is 3.77. The Hall–Kier alpha value is -0.530. The molecular weight excluding hydrogens is 128 g/mol. The molecule has 2 nitrogen and oxygen atoms in total. The predicted octanol–water partition coefficient (Wildman–Crippen LogP) is 2.02. The summed E-state index contributed by atoms with van der Waals surface area (Å²) in [6.07, 6.45) is 1.12. The minimum absolute atomic E-state index is 0.203. The van der Waals surface area contributed by atoms with E-state index in [0.717, 1.165) is 6.42 Å². The lowest BCUT2D eigenvalue weighted by molar-refractivity contribution is -0.144. The first-order chi connectivity index (χ1) is 4.57. The molecule has 1 unspecified atom stereocenters. The molecule has 0 aliphatic heterocycles. The third kappa shape index (κ3) is 3.49. The second-order valence-electron chi connectivity index (χ2n) is 2.99. The summed E-state index contributed by atoms with van der Waals surface area (Å²) in [4.78, 5) is 10.2. The van der Waals surface area contributed by atoms with E-state index in [2.05, 4.69) is 0 Å². The van der Waals surface area contributed by atoms with E-state index < -0.39 is 5.97 Å². The van der Waals surface area contributed by atoms with E-state index in [1.807, 2.05) is 20.8 Å². The van der Waals surface area contributed by atoms with Crippen LogP contribution in [-0.2, 0) is 9.90 Å². The van der Waals surface area contributed by atoms with Crippen molar-refractivity contribution in [3.05, 3.63) is 0 Å². The van der Waals surface area contributed by atoms with Crippen molar-refractivity contribution in [1.29, 1.82) is 0 Å². The molecule has 0 spiro atoms. The highest BCUT2D eigenvalue weighted by atomic mass is 16.4. The third-order valence-corrected chi connectivity index (χ3v) is 1.90. The van der Waals surface area contributed by atoms with Crippen LogP contribution in [0.1, 0.15) is 33.6 Å². The highest BCUT2D eigenvalue weighted by Gasteiger charge is 2.15. The Labute approximate surface area is 62.2 Å². The number of carbonyl (C=O) groups excluding carboxylic acids is 1. The molecule has 0 saturated heterocycles. The largest absolute Gasteiger partial charge is 0.355 e. The van der Waals surface area contributed by atoms with Crippen molar-refractivity contribution in [3.8, 4) is 0 Å². The zero-order valence-corrected chi connectivity index (χ0v) is 6.89. The molecule has 0 fully saturated rings. The van der Waals surface area contributed by atoms with Crippen LogP contribution in [-0.4, -0.2) is 5.97 Å². The lowest BCUT2D eigenvalue weighted by Crippen LogP contribution is -2.11. The average Bonchev–Trinajstić information content (AvgIpc) is 1.81. The number of hydrogen-bond acceptors (Lipinski definition) is 1. The third-order valence-electron chi connectivity index (χ3n) is 1.90.